The number of benzene rings is 1. The minimum atomic E-state index is -1.58. The molecular formula is C18H21NO5. The van der Waals surface area contributed by atoms with Gasteiger partial charge in [-0.25, -0.2) is 0 Å². The normalized spacial score (nSPS) is 10.4. The molecule has 0 saturated heterocycles. The van der Waals surface area contributed by atoms with E-state index in [2.05, 4.69) is 4.98 Å². The van der Waals surface area contributed by atoms with E-state index in [1.165, 1.54) is 0 Å². The lowest BCUT2D eigenvalue weighted by molar-refractivity contribution is -0.165. The van der Waals surface area contributed by atoms with Crippen LogP contribution in [0.3, 0.4) is 0 Å². The minimum absolute atomic E-state index is 0.0330. The van der Waals surface area contributed by atoms with Crippen LogP contribution >= 0.6 is 0 Å². The van der Waals surface area contributed by atoms with Crippen molar-refractivity contribution in [1.82, 2.24) is 4.98 Å². The predicted octanol–water partition coefficient (Wildman–Crippen LogP) is 3.21. The van der Waals surface area contributed by atoms with Gasteiger partial charge in [-0.15, -0.1) is 0 Å². The van der Waals surface area contributed by atoms with Crippen LogP contribution < -0.4 is 0 Å². The van der Waals surface area contributed by atoms with Gasteiger partial charge in [0.05, 0.1) is 5.69 Å². The zero-order valence-corrected chi connectivity index (χ0v) is 13.7. The summed E-state index contributed by atoms with van der Waals surface area (Å²) < 4.78 is 0. The molecule has 0 amide bonds. The summed E-state index contributed by atoms with van der Waals surface area (Å²) in [4.78, 5) is 35.7. The maximum atomic E-state index is 11.7. The van der Waals surface area contributed by atoms with E-state index in [-0.39, 0.29) is 18.6 Å². The van der Waals surface area contributed by atoms with Crippen molar-refractivity contribution >= 4 is 17.7 Å². The fourth-order valence-electron chi connectivity index (χ4n) is 2.16. The van der Waals surface area contributed by atoms with Gasteiger partial charge in [-0.1, -0.05) is 44.2 Å². The van der Waals surface area contributed by atoms with Crippen molar-refractivity contribution in [1.29, 1.82) is 0 Å². The largest absolute Gasteiger partial charge is 0.480 e. The molecule has 1 aromatic carbocycles. The second-order valence-electron chi connectivity index (χ2n) is 5.18. The monoisotopic (exact) mass is 331 g/mol. The van der Waals surface area contributed by atoms with Crippen LogP contribution in [0.4, 0.5) is 0 Å². The van der Waals surface area contributed by atoms with Crippen molar-refractivity contribution in [3.05, 3.63) is 59.9 Å². The number of aromatic nitrogens is 1. The predicted molar refractivity (Wildman–Crippen MR) is 89.0 cm³/mol. The van der Waals surface area contributed by atoms with Crippen LogP contribution in [0, 0.1) is 5.41 Å². The smallest absolute Gasteiger partial charge is 0.321 e. The Morgan fingerprint density at radius 1 is 0.917 bits per heavy atom. The number of H-pyrrole nitrogens is 1. The molecular weight excluding hydrogens is 310 g/mol. The van der Waals surface area contributed by atoms with Crippen LogP contribution in [0.5, 0.6) is 0 Å². The van der Waals surface area contributed by atoms with Gasteiger partial charge in [-0.05, 0) is 25.0 Å². The SMILES string of the molecule is CCC(CC)(C(=O)O)C(=O)O.O=C(c1ccccc1)c1ccc[nH]1. The highest BCUT2D eigenvalue weighted by Crippen LogP contribution is 2.26. The molecule has 0 bridgehead atoms. The molecule has 0 unspecified atom stereocenters. The number of ketones is 1. The summed E-state index contributed by atoms with van der Waals surface area (Å²) in [5.41, 5.74) is -0.240. The van der Waals surface area contributed by atoms with E-state index in [0.717, 1.165) is 0 Å². The van der Waals surface area contributed by atoms with E-state index in [1.54, 1.807) is 26.1 Å². The van der Waals surface area contributed by atoms with Gasteiger partial charge in [0, 0.05) is 11.8 Å². The molecule has 6 heteroatoms. The van der Waals surface area contributed by atoms with Crippen LogP contribution in [0.25, 0.3) is 0 Å². The molecule has 3 N–H and O–H groups in total. The fourth-order valence-corrected chi connectivity index (χ4v) is 2.16. The van der Waals surface area contributed by atoms with E-state index < -0.39 is 17.4 Å². The summed E-state index contributed by atoms with van der Waals surface area (Å²) in [5.74, 6) is -2.48. The topological polar surface area (TPSA) is 107 Å². The number of hydrogen-bond acceptors (Lipinski definition) is 3. The zero-order valence-electron chi connectivity index (χ0n) is 13.7. The van der Waals surface area contributed by atoms with E-state index in [1.807, 2.05) is 36.4 Å². The van der Waals surface area contributed by atoms with Crippen LogP contribution in [0.1, 0.15) is 42.7 Å². The number of carbonyl (C=O) groups excluding carboxylic acids is 1. The number of hydrogen-bond donors (Lipinski definition) is 3. The molecule has 128 valence electrons. The van der Waals surface area contributed by atoms with Gasteiger partial charge in [0.2, 0.25) is 5.78 Å². The van der Waals surface area contributed by atoms with Crippen LogP contribution in [0.2, 0.25) is 0 Å². The summed E-state index contributed by atoms with van der Waals surface area (Å²) in [6.45, 7) is 3.12. The Morgan fingerprint density at radius 2 is 1.46 bits per heavy atom. The van der Waals surface area contributed by atoms with Gasteiger partial charge in [0.25, 0.3) is 0 Å². The molecule has 0 saturated carbocycles. The highest BCUT2D eigenvalue weighted by atomic mass is 16.4. The molecule has 1 heterocycles. The molecule has 6 nitrogen and oxygen atoms in total. The number of nitrogens with one attached hydrogen (secondary N) is 1. The lowest BCUT2D eigenvalue weighted by atomic mass is 9.83. The summed E-state index contributed by atoms with van der Waals surface area (Å²) in [6.07, 6.45) is 1.98. The Labute approximate surface area is 140 Å². The second-order valence-corrected chi connectivity index (χ2v) is 5.18. The molecule has 0 radical (unpaired) electrons. The molecule has 0 fully saturated rings. The van der Waals surface area contributed by atoms with Crippen LogP contribution in [-0.4, -0.2) is 32.9 Å². The molecule has 2 rings (SSSR count). The summed E-state index contributed by atoms with van der Waals surface area (Å²) >= 11 is 0. The zero-order chi connectivity index (χ0) is 18.2. The number of aliphatic carboxylic acids is 2. The highest BCUT2D eigenvalue weighted by Gasteiger charge is 2.42. The molecule has 0 aliphatic rings. The van der Waals surface area contributed by atoms with Gasteiger partial charge >= 0.3 is 11.9 Å². The molecule has 2 aromatic rings. The van der Waals surface area contributed by atoms with Gasteiger partial charge in [0.1, 0.15) is 0 Å². The van der Waals surface area contributed by atoms with Gasteiger partial charge < -0.3 is 15.2 Å². The first-order valence-corrected chi connectivity index (χ1v) is 7.59. The van der Waals surface area contributed by atoms with Gasteiger partial charge in [-0.2, -0.15) is 0 Å². The first kappa shape index (κ1) is 19.2. The Kier molecular flexibility index (Phi) is 6.92. The van der Waals surface area contributed by atoms with E-state index >= 15 is 0 Å². The minimum Gasteiger partial charge on any atom is -0.480 e. The third kappa shape index (κ3) is 4.32. The molecule has 0 aliphatic carbocycles. The van der Waals surface area contributed by atoms with Gasteiger partial charge in [0.15, 0.2) is 5.41 Å². The summed E-state index contributed by atoms with van der Waals surface area (Å²) in [6, 6.07) is 12.8. The molecule has 0 spiro atoms. The maximum absolute atomic E-state index is 11.7. The first-order valence-electron chi connectivity index (χ1n) is 7.59. The summed E-state index contributed by atoms with van der Waals surface area (Å²) in [5, 5.41) is 17.2. The maximum Gasteiger partial charge on any atom is 0.321 e. The lowest BCUT2D eigenvalue weighted by Gasteiger charge is -2.20. The van der Waals surface area contributed by atoms with Crippen molar-refractivity contribution in [2.45, 2.75) is 26.7 Å². The quantitative estimate of drug-likeness (QED) is 0.556. The average molecular weight is 331 g/mol. The second kappa shape index (κ2) is 8.67. The van der Waals surface area contributed by atoms with Crippen molar-refractivity contribution in [2.75, 3.05) is 0 Å². The number of carboxylic acid groups (broad SMARTS) is 2. The third-order valence-electron chi connectivity index (χ3n) is 3.90. The molecule has 1 aromatic heterocycles. The standard InChI is InChI=1S/C11H9NO.C7H12O4/c13-11(10-7-4-8-12-10)9-5-2-1-3-6-9;1-3-7(4-2,5(8)9)6(10)11/h1-8,12H;3-4H2,1-2H3,(H,8,9)(H,10,11). The number of rotatable bonds is 6. The first-order chi connectivity index (χ1) is 11.4. The summed E-state index contributed by atoms with van der Waals surface area (Å²) in [7, 11) is 0. The Hall–Kier alpha value is -2.89. The van der Waals surface area contributed by atoms with E-state index in [0.29, 0.717) is 11.3 Å². The Balaban J connectivity index is 0.000000245. The Bertz CT molecular complexity index is 657. The lowest BCUT2D eigenvalue weighted by Crippen LogP contribution is -2.38. The van der Waals surface area contributed by atoms with Crippen molar-refractivity contribution < 1.29 is 24.6 Å². The van der Waals surface area contributed by atoms with Crippen molar-refractivity contribution in [3.8, 4) is 0 Å². The van der Waals surface area contributed by atoms with Gasteiger partial charge in [-0.3, -0.25) is 14.4 Å². The number of aromatic amines is 1. The van der Waals surface area contributed by atoms with Crippen LogP contribution in [-0.2, 0) is 9.59 Å². The third-order valence-corrected chi connectivity index (χ3v) is 3.90. The van der Waals surface area contributed by atoms with Crippen molar-refractivity contribution in [3.63, 3.8) is 0 Å². The van der Waals surface area contributed by atoms with Crippen LogP contribution in [0.15, 0.2) is 48.7 Å². The van der Waals surface area contributed by atoms with E-state index in [9.17, 15) is 14.4 Å². The van der Waals surface area contributed by atoms with Crippen molar-refractivity contribution in [2.24, 2.45) is 5.41 Å². The fraction of sp³-hybridized carbons (Fsp3) is 0.278. The van der Waals surface area contributed by atoms with E-state index in [4.69, 9.17) is 10.2 Å². The average Bonchev–Trinajstić information content (AvgIpc) is 3.11. The Morgan fingerprint density at radius 3 is 1.79 bits per heavy atom. The number of carboxylic acids is 2. The molecule has 24 heavy (non-hydrogen) atoms. The highest BCUT2D eigenvalue weighted by molar-refractivity contribution is 6.07. The molecule has 0 atom stereocenters. The molecule has 0 aliphatic heterocycles. The number of carbonyl (C=O) groups is 3.